The number of carbonyl (C=O) groups is 1. The van der Waals surface area contributed by atoms with Crippen LogP contribution >= 0.6 is 0 Å². The number of methoxy groups -OCH3 is 1. The zero-order valence-corrected chi connectivity index (χ0v) is 12.7. The van der Waals surface area contributed by atoms with Crippen LogP contribution in [-0.2, 0) is 11.3 Å². The van der Waals surface area contributed by atoms with E-state index in [0.717, 1.165) is 16.9 Å². The third-order valence-corrected chi connectivity index (χ3v) is 3.67. The van der Waals surface area contributed by atoms with Crippen LogP contribution in [0, 0.1) is 5.41 Å². The number of nitrogens with one attached hydrogen (secondary N) is 2. The summed E-state index contributed by atoms with van der Waals surface area (Å²) in [5.74, 6) is 0.766. The number of benzene rings is 1. The van der Waals surface area contributed by atoms with Gasteiger partial charge in [-0.3, -0.25) is 4.79 Å². The van der Waals surface area contributed by atoms with Crippen LogP contribution in [0.25, 0.3) is 0 Å². The monoisotopic (exact) mass is 287 g/mol. The number of rotatable bonds is 5. The summed E-state index contributed by atoms with van der Waals surface area (Å²) in [7, 11) is 3.36. The van der Waals surface area contributed by atoms with Crippen LogP contribution in [-0.4, -0.2) is 37.2 Å². The van der Waals surface area contributed by atoms with Crippen molar-refractivity contribution in [2.24, 2.45) is 0 Å². The molecule has 1 aromatic carbocycles. The van der Waals surface area contributed by atoms with Crippen molar-refractivity contribution >= 4 is 11.6 Å². The highest BCUT2D eigenvalue weighted by atomic mass is 16.5. The van der Waals surface area contributed by atoms with Gasteiger partial charge in [-0.1, -0.05) is 12.1 Å². The van der Waals surface area contributed by atoms with Crippen molar-refractivity contribution in [3.63, 3.8) is 0 Å². The molecule has 112 valence electrons. The molecule has 2 N–H and O–H groups in total. The lowest BCUT2D eigenvalue weighted by atomic mass is 10.00. The SMILES string of the molecule is CNC1=C(C(C)=N)CCN(Cc2ccc(OC)cc2)C1=O. The second-order valence-electron chi connectivity index (χ2n) is 5.05. The molecular weight excluding hydrogens is 266 g/mol. The molecule has 0 unspecified atom stereocenters. The number of likely N-dealkylation sites (N-methyl/N-ethyl adjacent to an activating group) is 1. The molecule has 0 aliphatic carbocycles. The molecule has 1 aliphatic heterocycles. The van der Waals surface area contributed by atoms with Crippen molar-refractivity contribution in [3.05, 3.63) is 41.1 Å². The summed E-state index contributed by atoms with van der Waals surface area (Å²) < 4.78 is 5.13. The fraction of sp³-hybridized carbons (Fsp3) is 0.375. The third kappa shape index (κ3) is 3.24. The Morgan fingerprint density at radius 3 is 2.57 bits per heavy atom. The van der Waals surface area contributed by atoms with E-state index in [-0.39, 0.29) is 5.91 Å². The summed E-state index contributed by atoms with van der Waals surface area (Å²) in [5.41, 5.74) is 2.88. The maximum Gasteiger partial charge on any atom is 0.270 e. The topological polar surface area (TPSA) is 65.4 Å². The van der Waals surface area contributed by atoms with Crippen molar-refractivity contribution in [1.82, 2.24) is 10.2 Å². The minimum absolute atomic E-state index is 0.0406. The van der Waals surface area contributed by atoms with Crippen LogP contribution in [0.1, 0.15) is 18.9 Å². The normalized spacial score (nSPS) is 15.2. The van der Waals surface area contributed by atoms with E-state index < -0.39 is 0 Å². The maximum atomic E-state index is 12.5. The Labute approximate surface area is 125 Å². The summed E-state index contributed by atoms with van der Waals surface area (Å²) in [5, 5.41) is 10.7. The maximum absolute atomic E-state index is 12.5. The molecule has 0 saturated heterocycles. The van der Waals surface area contributed by atoms with Gasteiger partial charge in [0.15, 0.2) is 0 Å². The number of carbonyl (C=O) groups excluding carboxylic acids is 1. The zero-order valence-electron chi connectivity index (χ0n) is 12.7. The summed E-state index contributed by atoms with van der Waals surface area (Å²) in [6.07, 6.45) is 0.716. The molecule has 1 aromatic rings. The minimum Gasteiger partial charge on any atom is -0.497 e. The minimum atomic E-state index is -0.0406. The predicted octanol–water partition coefficient (Wildman–Crippen LogP) is 1.94. The van der Waals surface area contributed by atoms with Gasteiger partial charge in [0.25, 0.3) is 5.91 Å². The molecule has 21 heavy (non-hydrogen) atoms. The molecule has 1 heterocycles. The molecule has 0 fully saturated rings. The van der Waals surface area contributed by atoms with Gasteiger partial charge in [0.2, 0.25) is 0 Å². The Balaban J connectivity index is 2.15. The fourth-order valence-corrected chi connectivity index (χ4v) is 2.50. The smallest absolute Gasteiger partial charge is 0.270 e. The standard InChI is InChI=1S/C16H21N3O2/c1-11(17)14-8-9-19(16(20)15(14)18-2)10-12-4-6-13(21-3)7-5-12/h4-7,17-18H,8-10H2,1-3H3. The number of amides is 1. The molecule has 0 atom stereocenters. The molecule has 0 spiro atoms. The summed E-state index contributed by atoms with van der Waals surface area (Å²) in [4.78, 5) is 14.3. The van der Waals surface area contributed by atoms with E-state index in [1.807, 2.05) is 24.3 Å². The van der Waals surface area contributed by atoms with Crippen molar-refractivity contribution in [2.75, 3.05) is 20.7 Å². The van der Waals surface area contributed by atoms with Crippen LogP contribution in [0.2, 0.25) is 0 Å². The molecular formula is C16H21N3O2. The Morgan fingerprint density at radius 2 is 2.05 bits per heavy atom. The second kappa shape index (κ2) is 6.43. The van der Waals surface area contributed by atoms with Gasteiger partial charge in [-0.25, -0.2) is 0 Å². The van der Waals surface area contributed by atoms with E-state index in [9.17, 15) is 4.79 Å². The summed E-state index contributed by atoms with van der Waals surface area (Å²) in [6, 6.07) is 7.72. The van der Waals surface area contributed by atoms with E-state index in [0.29, 0.717) is 30.9 Å². The van der Waals surface area contributed by atoms with Crippen LogP contribution in [0.15, 0.2) is 35.5 Å². The van der Waals surface area contributed by atoms with Gasteiger partial charge in [-0.05, 0) is 31.0 Å². The van der Waals surface area contributed by atoms with E-state index in [1.54, 1.807) is 26.0 Å². The van der Waals surface area contributed by atoms with Gasteiger partial charge in [-0.2, -0.15) is 0 Å². The lowest BCUT2D eigenvalue weighted by molar-refractivity contribution is -0.128. The summed E-state index contributed by atoms with van der Waals surface area (Å²) >= 11 is 0. The van der Waals surface area contributed by atoms with Crippen molar-refractivity contribution < 1.29 is 9.53 Å². The van der Waals surface area contributed by atoms with Crippen molar-refractivity contribution in [3.8, 4) is 5.75 Å². The average Bonchev–Trinajstić information content (AvgIpc) is 2.49. The predicted molar refractivity (Wildman–Crippen MR) is 82.5 cm³/mol. The second-order valence-corrected chi connectivity index (χ2v) is 5.05. The third-order valence-electron chi connectivity index (χ3n) is 3.67. The first-order valence-corrected chi connectivity index (χ1v) is 6.95. The molecule has 1 aliphatic rings. The van der Waals surface area contributed by atoms with E-state index >= 15 is 0 Å². The van der Waals surface area contributed by atoms with Gasteiger partial charge < -0.3 is 20.4 Å². The largest absolute Gasteiger partial charge is 0.497 e. The zero-order chi connectivity index (χ0) is 15.4. The Bertz CT molecular complexity index is 576. The van der Waals surface area contributed by atoms with Gasteiger partial charge in [0.05, 0.1) is 7.11 Å². The molecule has 2 rings (SSSR count). The molecule has 0 saturated carbocycles. The molecule has 1 amide bonds. The van der Waals surface area contributed by atoms with Gasteiger partial charge >= 0.3 is 0 Å². The first-order valence-electron chi connectivity index (χ1n) is 6.95. The number of ether oxygens (including phenoxy) is 1. The highest BCUT2D eigenvalue weighted by molar-refractivity contribution is 6.06. The number of hydrogen-bond donors (Lipinski definition) is 2. The lowest BCUT2D eigenvalue weighted by Gasteiger charge is -2.30. The van der Waals surface area contributed by atoms with Crippen LogP contribution in [0.3, 0.4) is 0 Å². The van der Waals surface area contributed by atoms with Gasteiger partial charge in [0.1, 0.15) is 11.4 Å². The highest BCUT2D eigenvalue weighted by Crippen LogP contribution is 2.21. The van der Waals surface area contributed by atoms with Crippen molar-refractivity contribution in [1.29, 1.82) is 5.41 Å². The quantitative estimate of drug-likeness (QED) is 0.813. The molecule has 0 aromatic heterocycles. The highest BCUT2D eigenvalue weighted by Gasteiger charge is 2.27. The van der Waals surface area contributed by atoms with E-state index in [4.69, 9.17) is 10.1 Å². The van der Waals surface area contributed by atoms with Gasteiger partial charge in [0, 0.05) is 31.4 Å². The molecule has 0 radical (unpaired) electrons. The lowest BCUT2D eigenvalue weighted by Crippen LogP contribution is -2.41. The average molecular weight is 287 g/mol. The van der Waals surface area contributed by atoms with E-state index in [1.165, 1.54) is 0 Å². The van der Waals surface area contributed by atoms with Crippen LogP contribution in [0.4, 0.5) is 0 Å². The van der Waals surface area contributed by atoms with Crippen LogP contribution < -0.4 is 10.1 Å². The molecule has 0 bridgehead atoms. The number of hydrogen-bond acceptors (Lipinski definition) is 4. The fourth-order valence-electron chi connectivity index (χ4n) is 2.50. The Kier molecular flexibility index (Phi) is 4.62. The van der Waals surface area contributed by atoms with Gasteiger partial charge in [-0.15, -0.1) is 0 Å². The van der Waals surface area contributed by atoms with Crippen LogP contribution in [0.5, 0.6) is 5.75 Å². The first-order chi connectivity index (χ1) is 10.1. The van der Waals surface area contributed by atoms with E-state index in [2.05, 4.69) is 5.32 Å². The molecule has 5 nitrogen and oxygen atoms in total. The van der Waals surface area contributed by atoms with Crippen molar-refractivity contribution in [2.45, 2.75) is 19.9 Å². The summed E-state index contributed by atoms with van der Waals surface area (Å²) in [6.45, 7) is 2.93. The Morgan fingerprint density at radius 1 is 1.38 bits per heavy atom. The first kappa shape index (κ1) is 15.1. The number of nitrogens with zero attached hydrogens (tertiary/aromatic N) is 1. The molecule has 5 heteroatoms. The Hall–Kier alpha value is -2.30.